The van der Waals surface area contributed by atoms with Crippen LogP contribution in [-0.2, 0) is 14.8 Å². The summed E-state index contributed by atoms with van der Waals surface area (Å²) in [6, 6.07) is 12.3. The van der Waals surface area contributed by atoms with E-state index in [0.717, 1.165) is 51.3 Å². The Hall–Kier alpha value is -1.98. The van der Waals surface area contributed by atoms with Crippen LogP contribution in [0.15, 0.2) is 57.7 Å². The second-order valence-corrected chi connectivity index (χ2v) is 18.6. The number of Topliss-reactive ketones (excluding diaryl/α,β-unsaturated/α-hetero) is 1. The molecule has 2 saturated carbocycles. The lowest BCUT2D eigenvalue weighted by molar-refractivity contribution is -0.128. The molecule has 4 aromatic rings. The third kappa shape index (κ3) is 5.44. The lowest BCUT2D eigenvalue weighted by atomic mass is 9.70. The first-order valence-corrected chi connectivity index (χ1v) is 19.7. The Morgan fingerprint density at radius 1 is 0.891 bits per heavy atom. The molecule has 2 aromatic carbocycles. The number of carbonyl (C=O) groups excluding carboxylic acids is 1. The maximum atomic E-state index is 13.8. The minimum Gasteiger partial charge on any atom is -0.361 e. The highest BCUT2D eigenvalue weighted by atomic mass is 79.9. The lowest BCUT2D eigenvalue weighted by Crippen LogP contribution is -2.43. The monoisotopic (exact) mass is 770 g/mol. The van der Waals surface area contributed by atoms with Gasteiger partial charge < -0.3 is 14.8 Å². The molecule has 246 valence electrons. The second kappa shape index (κ2) is 11.9. The van der Waals surface area contributed by atoms with Crippen molar-refractivity contribution >= 4 is 69.5 Å². The number of rotatable bonds is 5. The molecule has 2 aliphatic heterocycles. The molecule has 0 amide bonds. The van der Waals surface area contributed by atoms with E-state index in [2.05, 4.69) is 99.0 Å². The second-order valence-electron chi connectivity index (χ2n) is 14.9. The summed E-state index contributed by atoms with van der Waals surface area (Å²) in [5.41, 5.74) is 3.51. The zero-order valence-electron chi connectivity index (χ0n) is 27.2. The van der Waals surface area contributed by atoms with Gasteiger partial charge in [-0.05, 0) is 124 Å². The van der Waals surface area contributed by atoms with Crippen molar-refractivity contribution in [3.05, 3.63) is 68.9 Å². The van der Waals surface area contributed by atoms with Crippen molar-refractivity contribution in [2.75, 3.05) is 46.0 Å². The fraction of sp³-hybridized carbons (Fsp3) is 0.528. The first-order valence-electron chi connectivity index (χ1n) is 16.5. The zero-order valence-corrected chi connectivity index (χ0v) is 31.1. The summed E-state index contributed by atoms with van der Waals surface area (Å²) in [4.78, 5) is 21.0. The molecule has 46 heavy (non-hydrogen) atoms. The van der Waals surface area contributed by atoms with Crippen LogP contribution in [0, 0.1) is 16.7 Å². The summed E-state index contributed by atoms with van der Waals surface area (Å²) in [5, 5.41) is 2.36. The summed E-state index contributed by atoms with van der Waals surface area (Å²) in [6.45, 7) is 8.53. The maximum absolute atomic E-state index is 13.8. The van der Waals surface area contributed by atoms with E-state index in [-0.39, 0.29) is 17.0 Å². The Kier molecular flexibility index (Phi) is 8.40. The molecule has 1 N–H and O–H groups in total. The highest BCUT2D eigenvalue weighted by molar-refractivity contribution is 9.10. The number of ketones is 1. The Balaban J connectivity index is 0.000000177. The molecule has 10 heteroatoms. The smallest absolute Gasteiger partial charge is 0.240 e. The van der Waals surface area contributed by atoms with Crippen LogP contribution >= 0.6 is 31.9 Å². The third-order valence-electron chi connectivity index (χ3n) is 12.0. The SMILES string of the molecule is CN1CCC(c2c[nH]c3ccc(Br)cc23)C1.CN1CCC(c2cn(S(=O)(=O)CC34CCC(CC3=O)C4(C)C)c3ccc(Br)cc23)C1. The molecule has 4 unspecified atom stereocenters. The maximum Gasteiger partial charge on any atom is 0.240 e. The van der Waals surface area contributed by atoms with Gasteiger partial charge in [-0.15, -0.1) is 0 Å². The molecule has 2 aromatic heterocycles. The number of halogens is 2. The van der Waals surface area contributed by atoms with Crippen molar-refractivity contribution in [3.63, 3.8) is 0 Å². The number of fused-ring (bicyclic) bond motifs is 4. The van der Waals surface area contributed by atoms with Crippen LogP contribution in [0.2, 0.25) is 0 Å². The van der Waals surface area contributed by atoms with Crippen LogP contribution in [-0.4, -0.2) is 79.0 Å². The van der Waals surface area contributed by atoms with Gasteiger partial charge in [-0.1, -0.05) is 45.7 Å². The van der Waals surface area contributed by atoms with Crippen molar-refractivity contribution in [3.8, 4) is 0 Å². The number of aromatic amines is 1. The number of nitrogens with one attached hydrogen (secondary N) is 1. The molecule has 8 rings (SSSR count). The van der Waals surface area contributed by atoms with Gasteiger partial charge in [-0.3, -0.25) is 4.79 Å². The van der Waals surface area contributed by atoms with Crippen molar-refractivity contribution in [1.29, 1.82) is 0 Å². The van der Waals surface area contributed by atoms with Gasteiger partial charge in [0.1, 0.15) is 5.78 Å². The molecular weight excluding hydrogens is 728 g/mol. The number of nitrogens with zero attached hydrogens (tertiary/aromatic N) is 3. The van der Waals surface area contributed by atoms with E-state index >= 15 is 0 Å². The fourth-order valence-electron chi connectivity index (χ4n) is 9.07. The molecule has 2 saturated heterocycles. The standard InChI is InChI=1S/C23H29BrN2O3S.C13H15BrN2/c1-22(2)16-6-8-23(22,21(27)10-16)14-30(28,29)26-13-19(15-7-9-25(3)12-15)18-11-17(24)4-5-20(18)26;1-16-5-4-9(8-16)12-7-15-13-3-2-10(14)6-11(12)13/h4-5,11,13,15-16H,6-10,12,14H2,1-3H3;2-3,6-7,9,15H,4-5,8H2,1H3. The summed E-state index contributed by atoms with van der Waals surface area (Å²) < 4.78 is 31.2. The van der Waals surface area contributed by atoms with Gasteiger partial charge in [0.25, 0.3) is 0 Å². The fourth-order valence-corrected chi connectivity index (χ4v) is 12.0. The summed E-state index contributed by atoms with van der Waals surface area (Å²) in [7, 11) is 0.619. The van der Waals surface area contributed by atoms with Gasteiger partial charge >= 0.3 is 0 Å². The number of aromatic nitrogens is 2. The van der Waals surface area contributed by atoms with Crippen LogP contribution in [0.3, 0.4) is 0 Å². The predicted octanol–water partition coefficient (Wildman–Crippen LogP) is 7.75. The number of carbonyl (C=O) groups is 1. The average molecular weight is 773 g/mol. The summed E-state index contributed by atoms with van der Waals surface area (Å²) in [6.07, 6.45) is 8.49. The number of H-pyrrole nitrogens is 1. The van der Waals surface area contributed by atoms with Gasteiger partial charge in [0.15, 0.2) is 0 Å². The zero-order chi connectivity index (χ0) is 32.6. The van der Waals surface area contributed by atoms with Crippen LogP contribution in [0.1, 0.15) is 68.9 Å². The van der Waals surface area contributed by atoms with Crippen LogP contribution < -0.4 is 0 Å². The van der Waals surface area contributed by atoms with E-state index in [1.165, 1.54) is 39.9 Å². The molecule has 2 aliphatic carbocycles. The number of likely N-dealkylation sites (N-methyl/N-ethyl adjacent to an activating group) is 2. The molecule has 4 atom stereocenters. The topological polar surface area (TPSA) is 78.4 Å². The largest absolute Gasteiger partial charge is 0.361 e. The van der Waals surface area contributed by atoms with Crippen molar-refractivity contribution in [1.82, 2.24) is 18.8 Å². The molecule has 4 heterocycles. The lowest BCUT2D eigenvalue weighted by Gasteiger charge is -2.36. The molecule has 0 radical (unpaired) electrons. The van der Waals surface area contributed by atoms with E-state index in [9.17, 15) is 13.2 Å². The van der Waals surface area contributed by atoms with Crippen LogP contribution in [0.4, 0.5) is 0 Å². The highest BCUT2D eigenvalue weighted by Gasteiger charge is 2.65. The van der Waals surface area contributed by atoms with Gasteiger partial charge in [0.05, 0.1) is 16.7 Å². The van der Waals surface area contributed by atoms with Gasteiger partial charge in [0.2, 0.25) is 10.0 Å². The average Bonchev–Trinajstić information content (AvgIpc) is 3.83. The number of likely N-dealkylation sites (tertiary alicyclic amines) is 2. The Bertz CT molecular complexity index is 1930. The molecule has 0 spiro atoms. The minimum absolute atomic E-state index is 0.0911. The molecule has 2 bridgehead atoms. The third-order valence-corrected chi connectivity index (χ3v) is 14.7. The summed E-state index contributed by atoms with van der Waals surface area (Å²) in [5.74, 6) is 1.37. The van der Waals surface area contributed by atoms with E-state index in [1.54, 1.807) is 0 Å². The van der Waals surface area contributed by atoms with Gasteiger partial charge in [0, 0.05) is 57.1 Å². The predicted molar refractivity (Wildman–Crippen MR) is 193 cm³/mol. The quantitative estimate of drug-likeness (QED) is 0.225. The van der Waals surface area contributed by atoms with E-state index in [0.29, 0.717) is 30.6 Å². The Morgan fingerprint density at radius 2 is 1.52 bits per heavy atom. The number of hydrogen-bond donors (Lipinski definition) is 1. The van der Waals surface area contributed by atoms with Crippen molar-refractivity contribution in [2.45, 2.75) is 57.8 Å². The van der Waals surface area contributed by atoms with Crippen LogP contribution in [0.25, 0.3) is 21.8 Å². The van der Waals surface area contributed by atoms with Gasteiger partial charge in [-0.2, -0.15) is 0 Å². The van der Waals surface area contributed by atoms with Crippen LogP contribution in [0.5, 0.6) is 0 Å². The summed E-state index contributed by atoms with van der Waals surface area (Å²) >= 11 is 7.10. The molecule has 4 aliphatic rings. The Labute approximate surface area is 289 Å². The minimum atomic E-state index is -3.69. The van der Waals surface area contributed by atoms with E-state index in [1.807, 2.05) is 24.4 Å². The van der Waals surface area contributed by atoms with Crippen molar-refractivity contribution in [2.24, 2.45) is 16.7 Å². The number of benzene rings is 2. The first-order chi connectivity index (χ1) is 21.8. The Morgan fingerprint density at radius 3 is 2.11 bits per heavy atom. The normalized spacial score (nSPS) is 28.0. The molecular formula is C36H44Br2N4O3S. The highest BCUT2D eigenvalue weighted by Crippen LogP contribution is 2.64. The van der Waals surface area contributed by atoms with Gasteiger partial charge in [-0.25, -0.2) is 12.4 Å². The van der Waals surface area contributed by atoms with E-state index < -0.39 is 15.4 Å². The van der Waals surface area contributed by atoms with E-state index in [4.69, 9.17) is 0 Å². The number of hydrogen-bond acceptors (Lipinski definition) is 5. The first kappa shape index (κ1) is 32.6. The molecule has 4 fully saturated rings. The van der Waals surface area contributed by atoms with Crippen molar-refractivity contribution < 1.29 is 13.2 Å². The molecule has 7 nitrogen and oxygen atoms in total.